The van der Waals surface area contributed by atoms with Gasteiger partial charge in [0.1, 0.15) is 6.42 Å². The summed E-state index contributed by atoms with van der Waals surface area (Å²) < 4.78 is 35.9. The van der Waals surface area contributed by atoms with Crippen molar-refractivity contribution in [3.05, 3.63) is 0 Å². The van der Waals surface area contributed by atoms with Crippen LogP contribution in [0.1, 0.15) is 19.8 Å². The van der Waals surface area contributed by atoms with Crippen LogP contribution < -0.4 is 0 Å². The summed E-state index contributed by atoms with van der Waals surface area (Å²) in [5.41, 5.74) is 0. The highest BCUT2D eigenvalue weighted by Crippen LogP contribution is 2.28. The van der Waals surface area contributed by atoms with Gasteiger partial charge in [-0.05, 0) is 13.3 Å². The Morgan fingerprint density at radius 3 is 2.38 bits per heavy atom. The van der Waals surface area contributed by atoms with E-state index in [2.05, 4.69) is 0 Å². The van der Waals surface area contributed by atoms with Crippen LogP contribution in [0.4, 0.5) is 13.2 Å². The number of hydrogen-bond acceptors (Lipinski definition) is 2. The quantitative estimate of drug-likeness (QED) is 0.789. The molecule has 0 aliphatic carbocycles. The van der Waals surface area contributed by atoms with Gasteiger partial charge >= 0.3 is 12.1 Å². The van der Waals surface area contributed by atoms with Crippen LogP contribution in [0.5, 0.6) is 0 Å². The van der Waals surface area contributed by atoms with E-state index in [1.807, 2.05) is 0 Å². The van der Waals surface area contributed by atoms with Crippen molar-refractivity contribution in [1.29, 1.82) is 0 Å². The molecule has 0 radical (unpaired) electrons. The predicted octanol–water partition coefficient (Wildman–Crippen LogP) is 1.26. The second-order valence-electron chi connectivity index (χ2n) is 3.85. The van der Waals surface area contributed by atoms with Gasteiger partial charge in [0, 0.05) is 12.6 Å². The molecule has 1 rings (SSSR count). The highest BCUT2D eigenvalue weighted by molar-refractivity contribution is 5.79. The van der Waals surface area contributed by atoms with E-state index in [4.69, 9.17) is 5.11 Å². The van der Waals surface area contributed by atoms with Crippen molar-refractivity contribution in [1.82, 2.24) is 4.90 Å². The maximum absolute atomic E-state index is 12.0. The topological polar surface area (TPSA) is 57.6 Å². The fraction of sp³-hybridized carbons (Fsp3) is 0.778. The molecule has 0 aromatic carbocycles. The molecule has 2 atom stereocenters. The SMILES string of the molecule is CC1C(C(=O)O)CCN1C(=O)CC(F)(F)F. The maximum atomic E-state index is 12.0. The van der Waals surface area contributed by atoms with Gasteiger partial charge in [0.05, 0.1) is 5.92 Å². The molecule has 92 valence electrons. The number of carboxylic acid groups (broad SMARTS) is 1. The molecule has 0 aromatic heterocycles. The average molecular weight is 239 g/mol. The third-order valence-electron chi connectivity index (χ3n) is 2.74. The molecular formula is C9H12F3NO3. The zero-order valence-corrected chi connectivity index (χ0v) is 8.62. The Morgan fingerprint density at radius 1 is 1.44 bits per heavy atom. The molecule has 2 unspecified atom stereocenters. The predicted molar refractivity (Wildman–Crippen MR) is 47.6 cm³/mol. The molecule has 0 spiro atoms. The molecule has 1 heterocycles. The number of aliphatic carboxylic acids is 1. The second kappa shape index (κ2) is 4.31. The highest BCUT2D eigenvalue weighted by Gasteiger charge is 2.41. The molecule has 4 nitrogen and oxygen atoms in total. The van der Waals surface area contributed by atoms with E-state index in [1.165, 1.54) is 6.92 Å². The van der Waals surface area contributed by atoms with Gasteiger partial charge in [0.2, 0.25) is 5.91 Å². The fourth-order valence-electron chi connectivity index (χ4n) is 1.89. The summed E-state index contributed by atoms with van der Waals surface area (Å²) in [5.74, 6) is -2.89. The number of amides is 1. The molecule has 1 amide bonds. The lowest BCUT2D eigenvalue weighted by molar-refractivity contribution is -0.162. The Kier molecular flexibility index (Phi) is 3.44. The number of alkyl halides is 3. The number of likely N-dealkylation sites (tertiary alicyclic amines) is 1. The minimum Gasteiger partial charge on any atom is -0.481 e. The van der Waals surface area contributed by atoms with Gasteiger partial charge in [-0.25, -0.2) is 0 Å². The smallest absolute Gasteiger partial charge is 0.397 e. The summed E-state index contributed by atoms with van der Waals surface area (Å²) in [6.07, 6.45) is -5.86. The molecule has 0 bridgehead atoms. The van der Waals surface area contributed by atoms with Crippen molar-refractivity contribution in [3.8, 4) is 0 Å². The standard InChI is InChI=1S/C9H12F3NO3/c1-5-6(8(15)16)2-3-13(5)7(14)4-9(10,11)12/h5-6H,2-4H2,1H3,(H,15,16). The molecule has 1 aliphatic heterocycles. The monoisotopic (exact) mass is 239 g/mol. The van der Waals surface area contributed by atoms with E-state index in [0.717, 1.165) is 4.90 Å². The maximum Gasteiger partial charge on any atom is 0.397 e. The first-order valence-electron chi connectivity index (χ1n) is 4.81. The van der Waals surface area contributed by atoms with Crippen molar-refractivity contribution in [2.45, 2.75) is 32.0 Å². The largest absolute Gasteiger partial charge is 0.481 e. The zero-order chi connectivity index (χ0) is 12.5. The van der Waals surface area contributed by atoms with Crippen LogP contribution in [-0.4, -0.2) is 40.6 Å². The van der Waals surface area contributed by atoms with E-state index in [-0.39, 0.29) is 13.0 Å². The van der Waals surface area contributed by atoms with E-state index in [9.17, 15) is 22.8 Å². The first-order valence-corrected chi connectivity index (χ1v) is 4.81. The molecule has 1 aliphatic rings. The summed E-state index contributed by atoms with van der Waals surface area (Å²) in [5, 5.41) is 8.76. The summed E-state index contributed by atoms with van der Waals surface area (Å²) in [6.45, 7) is 1.53. The van der Waals surface area contributed by atoms with Crippen molar-refractivity contribution < 1.29 is 27.9 Å². The van der Waals surface area contributed by atoms with Crippen LogP contribution in [0.25, 0.3) is 0 Å². The highest BCUT2D eigenvalue weighted by atomic mass is 19.4. The van der Waals surface area contributed by atoms with Gasteiger partial charge in [-0.2, -0.15) is 13.2 Å². The van der Waals surface area contributed by atoms with Gasteiger partial charge in [-0.1, -0.05) is 0 Å². The normalized spacial score (nSPS) is 25.9. The number of carbonyl (C=O) groups is 2. The van der Waals surface area contributed by atoms with Crippen molar-refractivity contribution in [2.24, 2.45) is 5.92 Å². The van der Waals surface area contributed by atoms with Crippen LogP contribution in [0.2, 0.25) is 0 Å². The Balaban J connectivity index is 2.63. The zero-order valence-electron chi connectivity index (χ0n) is 8.62. The van der Waals surface area contributed by atoms with Gasteiger partial charge in [-0.15, -0.1) is 0 Å². The van der Waals surface area contributed by atoms with Gasteiger partial charge in [-0.3, -0.25) is 9.59 Å². The Labute approximate surface area is 90.0 Å². The average Bonchev–Trinajstić information content (AvgIpc) is 2.43. The minimum absolute atomic E-state index is 0.0764. The number of hydrogen-bond donors (Lipinski definition) is 1. The molecule has 0 saturated carbocycles. The van der Waals surface area contributed by atoms with E-state index in [1.54, 1.807) is 0 Å². The molecule has 16 heavy (non-hydrogen) atoms. The molecular weight excluding hydrogens is 227 g/mol. The van der Waals surface area contributed by atoms with Gasteiger partial charge in [0.25, 0.3) is 0 Å². The summed E-state index contributed by atoms with van der Waals surface area (Å²) in [4.78, 5) is 23.0. The van der Waals surface area contributed by atoms with Crippen LogP contribution in [0.3, 0.4) is 0 Å². The van der Waals surface area contributed by atoms with Crippen molar-refractivity contribution in [2.75, 3.05) is 6.54 Å². The number of carboxylic acids is 1. The third kappa shape index (κ3) is 2.86. The summed E-state index contributed by atoms with van der Waals surface area (Å²) >= 11 is 0. The first-order chi connectivity index (χ1) is 7.22. The van der Waals surface area contributed by atoms with Crippen LogP contribution >= 0.6 is 0 Å². The Hall–Kier alpha value is -1.27. The lowest BCUT2D eigenvalue weighted by Gasteiger charge is -2.23. The molecule has 1 fully saturated rings. The van der Waals surface area contributed by atoms with E-state index >= 15 is 0 Å². The molecule has 1 N–H and O–H groups in total. The summed E-state index contributed by atoms with van der Waals surface area (Å²) in [7, 11) is 0. The number of carbonyl (C=O) groups excluding carboxylic acids is 1. The number of nitrogens with zero attached hydrogens (tertiary/aromatic N) is 1. The Morgan fingerprint density at radius 2 is 2.00 bits per heavy atom. The Bertz CT molecular complexity index is 303. The lowest BCUT2D eigenvalue weighted by atomic mass is 10.0. The van der Waals surface area contributed by atoms with Gasteiger partial charge in [0.15, 0.2) is 0 Å². The fourth-order valence-corrected chi connectivity index (χ4v) is 1.89. The second-order valence-corrected chi connectivity index (χ2v) is 3.85. The van der Waals surface area contributed by atoms with Gasteiger partial charge < -0.3 is 10.0 Å². The molecule has 7 heteroatoms. The third-order valence-corrected chi connectivity index (χ3v) is 2.74. The molecule has 0 aromatic rings. The van der Waals surface area contributed by atoms with E-state index < -0.39 is 36.4 Å². The van der Waals surface area contributed by atoms with Crippen LogP contribution in [0.15, 0.2) is 0 Å². The molecule has 1 saturated heterocycles. The summed E-state index contributed by atoms with van der Waals surface area (Å²) in [6, 6.07) is -0.674. The first kappa shape index (κ1) is 12.8. The van der Waals surface area contributed by atoms with Crippen molar-refractivity contribution >= 4 is 11.9 Å². The lowest BCUT2D eigenvalue weighted by Crippen LogP contribution is -2.39. The van der Waals surface area contributed by atoms with Crippen LogP contribution in [-0.2, 0) is 9.59 Å². The van der Waals surface area contributed by atoms with Crippen LogP contribution in [0, 0.1) is 5.92 Å². The number of rotatable bonds is 2. The van der Waals surface area contributed by atoms with Crippen molar-refractivity contribution in [3.63, 3.8) is 0 Å². The van der Waals surface area contributed by atoms with E-state index in [0.29, 0.717) is 0 Å². The minimum atomic E-state index is -4.54. The number of halogens is 3.